The van der Waals surface area contributed by atoms with Crippen molar-refractivity contribution in [2.75, 3.05) is 18.4 Å². The molecular weight excluding hydrogens is 450 g/mol. The first kappa shape index (κ1) is 25.6. The molecule has 0 saturated heterocycles. The van der Waals surface area contributed by atoms with Crippen LogP contribution in [-0.4, -0.2) is 34.6 Å². The molecule has 3 aromatic rings. The maximum atomic E-state index is 13.6. The number of aromatic nitrogens is 2. The van der Waals surface area contributed by atoms with Crippen molar-refractivity contribution in [3.63, 3.8) is 0 Å². The zero-order chi connectivity index (χ0) is 25.7. The smallest absolute Gasteiger partial charge is 0.297 e. The fourth-order valence-electron chi connectivity index (χ4n) is 4.29. The Bertz CT molecular complexity index is 1230. The molecule has 0 aliphatic heterocycles. The molecule has 2 aromatic carbocycles. The molecule has 1 aliphatic rings. The predicted octanol–water partition coefficient (Wildman–Crippen LogP) is 4.47. The summed E-state index contributed by atoms with van der Waals surface area (Å²) in [5, 5.41) is 9.99. The van der Waals surface area contributed by atoms with Crippen LogP contribution in [0.5, 0.6) is 0 Å². The molecule has 1 heterocycles. The molecule has 36 heavy (non-hydrogen) atoms. The Morgan fingerprint density at radius 3 is 2.53 bits per heavy atom. The quantitative estimate of drug-likeness (QED) is 0.371. The lowest BCUT2D eigenvalue weighted by Gasteiger charge is -2.27. The maximum absolute atomic E-state index is 13.6. The Kier molecular flexibility index (Phi) is 8.21. The van der Waals surface area contributed by atoms with Crippen LogP contribution in [0.1, 0.15) is 61.1 Å². The zero-order valence-electron chi connectivity index (χ0n) is 21.6. The third-order valence-electron chi connectivity index (χ3n) is 6.52. The minimum absolute atomic E-state index is 0.0985. The Morgan fingerprint density at radius 1 is 1.08 bits per heavy atom. The Labute approximate surface area is 213 Å². The summed E-state index contributed by atoms with van der Waals surface area (Å²) in [5.41, 5.74) is 2.99. The fourth-order valence-corrected chi connectivity index (χ4v) is 4.29. The van der Waals surface area contributed by atoms with Crippen LogP contribution < -0.4 is 21.5 Å². The summed E-state index contributed by atoms with van der Waals surface area (Å²) in [6, 6.07) is 15.8. The van der Waals surface area contributed by atoms with E-state index < -0.39 is 0 Å². The molecule has 1 aliphatic carbocycles. The zero-order valence-corrected chi connectivity index (χ0v) is 21.6. The van der Waals surface area contributed by atoms with Gasteiger partial charge < -0.3 is 16.0 Å². The van der Waals surface area contributed by atoms with Crippen molar-refractivity contribution < 1.29 is 4.79 Å². The molecule has 1 aromatic heterocycles. The minimum Gasteiger partial charge on any atom is -0.358 e. The number of carbonyl (C=O) groups is 1. The number of amides is 1. The van der Waals surface area contributed by atoms with Crippen LogP contribution in [0.25, 0.3) is 5.69 Å². The number of benzene rings is 2. The van der Waals surface area contributed by atoms with E-state index in [1.807, 2.05) is 31.2 Å². The average Bonchev–Trinajstić information content (AvgIpc) is 3.68. The summed E-state index contributed by atoms with van der Waals surface area (Å²) in [4.78, 5) is 30.6. The molecule has 4 rings (SSSR count). The highest BCUT2D eigenvalue weighted by Gasteiger charge is 2.25. The van der Waals surface area contributed by atoms with E-state index in [2.05, 4.69) is 53.8 Å². The van der Waals surface area contributed by atoms with E-state index in [-0.39, 0.29) is 35.3 Å². The van der Waals surface area contributed by atoms with E-state index in [9.17, 15) is 9.59 Å². The monoisotopic (exact) mass is 487 g/mol. The van der Waals surface area contributed by atoms with Gasteiger partial charge in [0.15, 0.2) is 5.82 Å². The summed E-state index contributed by atoms with van der Waals surface area (Å²) >= 11 is 0. The van der Waals surface area contributed by atoms with Crippen LogP contribution in [-0.2, 0) is 0 Å². The predicted molar refractivity (Wildman–Crippen MR) is 145 cm³/mol. The van der Waals surface area contributed by atoms with Gasteiger partial charge in [-0.25, -0.2) is 4.98 Å². The number of hydrogen-bond donors (Lipinski definition) is 3. The van der Waals surface area contributed by atoms with Crippen molar-refractivity contribution in [2.24, 2.45) is 11.8 Å². The van der Waals surface area contributed by atoms with Crippen molar-refractivity contribution >= 4 is 11.7 Å². The van der Waals surface area contributed by atoms with Crippen molar-refractivity contribution in [1.29, 1.82) is 0 Å². The highest BCUT2D eigenvalue weighted by molar-refractivity contribution is 5.95. The van der Waals surface area contributed by atoms with Crippen LogP contribution in [0.3, 0.4) is 0 Å². The van der Waals surface area contributed by atoms with Gasteiger partial charge in [-0.3, -0.25) is 14.2 Å². The second kappa shape index (κ2) is 11.5. The third-order valence-corrected chi connectivity index (χ3v) is 6.52. The second-order valence-corrected chi connectivity index (χ2v) is 10.3. The van der Waals surface area contributed by atoms with Gasteiger partial charge in [0.25, 0.3) is 11.5 Å². The van der Waals surface area contributed by atoms with Crippen LogP contribution in [0.4, 0.5) is 5.82 Å². The maximum Gasteiger partial charge on any atom is 0.297 e. The topological polar surface area (TPSA) is 88.1 Å². The largest absolute Gasteiger partial charge is 0.358 e. The summed E-state index contributed by atoms with van der Waals surface area (Å²) in [6.07, 6.45) is 5.34. The van der Waals surface area contributed by atoms with E-state index in [0.717, 1.165) is 37.1 Å². The first-order chi connectivity index (χ1) is 17.3. The molecule has 0 bridgehead atoms. The molecule has 0 unspecified atom stereocenters. The van der Waals surface area contributed by atoms with E-state index in [1.165, 1.54) is 0 Å². The number of rotatable bonds is 11. The first-order valence-corrected chi connectivity index (χ1v) is 12.8. The molecule has 0 spiro atoms. The molecule has 2 atom stereocenters. The van der Waals surface area contributed by atoms with Crippen LogP contribution in [0.2, 0.25) is 0 Å². The highest BCUT2D eigenvalue weighted by Crippen LogP contribution is 2.25. The lowest BCUT2D eigenvalue weighted by Crippen LogP contribution is -2.33. The first-order valence-electron chi connectivity index (χ1n) is 12.8. The molecule has 1 amide bonds. The number of aryl methyl sites for hydroxylation is 1. The number of nitrogens with one attached hydrogen (secondary N) is 3. The van der Waals surface area contributed by atoms with Gasteiger partial charge in [-0.1, -0.05) is 57.2 Å². The normalized spacial score (nSPS) is 14.9. The summed E-state index contributed by atoms with van der Waals surface area (Å²) in [7, 11) is 0. The number of nitrogens with zero attached hydrogens (tertiary/aromatic N) is 2. The van der Waals surface area contributed by atoms with Gasteiger partial charge >= 0.3 is 0 Å². The highest BCUT2D eigenvalue weighted by atomic mass is 16.2. The van der Waals surface area contributed by atoms with Crippen molar-refractivity contribution in [3.05, 3.63) is 88.0 Å². The molecule has 190 valence electrons. The lowest BCUT2D eigenvalue weighted by atomic mass is 9.94. The number of anilines is 1. The van der Waals surface area contributed by atoms with Crippen molar-refractivity contribution in [3.8, 4) is 5.69 Å². The van der Waals surface area contributed by atoms with Gasteiger partial charge in [0.1, 0.15) is 0 Å². The van der Waals surface area contributed by atoms with Crippen molar-refractivity contribution in [2.45, 2.75) is 52.6 Å². The summed E-state index contributed by atoms with van der Waals surface area (Å²) < 4.78 is 1.57. The SMILES string of the molecule is Cc1ccc(C(=O)NC2CC2)cc1-n1ccnc(N[C@@H](c2ccccc2)[C@@H](C)CNCC(C)C)c1=O. The molecule has 3 N–H and O–H groups in total. The Balaban J connectivity index is 1.62. The average molecular weight is 488 g/mol. The van der Waals surface area contributed by atoms with Crippen LogP contribution >= 0.6 is 0 Å². The summed E-state index contributed by atoms with van der Waals surface area (Å²) in [6.45, 7) is 10.2. The molecule has 1 fully saturated rings. The van der Waals surface area contributed by atoms with Gasteiger partial charge in [0, 0.05) is 24.0 Å². The van der Waals surface area contributed by atoms with E-state index in [1.54, 1.807) is 29.1 Å². The minimum atomic E-state index is -0.247. The van der Waals surface area contributed by atoms with Gasteiger partial charge in [-0.2, -0.15) is 0 Å². The van der Waals surface area contributed by atoms with Gasteiger partial charge in [0.2, 0.25) is 0 Å². The van der Waals surface area contributed by atoms with Crippen LogP contribution in [0, 0.1) is 18.8 Å². The Morgan fingerprint density at radius 2 is 1.83 bits per heavy atom. The van der Waals surface area contributed by atoms with Crippen LogP contribution in [0.15, 0.2) is 65.7 Å². The number of hydrogen-bond acceptors (Lipinski definition) is 5. The number of carbonyl (C=O) groups excluding carboxylic acids is 1. The molecular formula is C29H37N5O2. The molecule has 7 heteroatoms. The Hall–Kier alpha value is -3.45. The lowest BCUT2D eigenvalue weighted by molar-refractivity contribution is 0.0951. The van der Waals surface area contributed by atoms with E-state index in [4.69, 9.17) is 0 Å². The van der Waals surface area contributed by atoms with Crippen molar-refractivity contribution in [1.82, 2.24) is 20.2 Å². The molecule has 7 nitrogen and oxygen atoms in total. The second-order valence-electron chi connectivity index (χ2n) is 10.3. The van der Waals surface area contributed by atoms with Gasteiger partial charge in [-0.15, -0.1) is 0 Å². The molecule has 1 saturated carbocycles. The molecule has 0 radical (unpaired) electrons. The van der Waals surface area contributed by atoms with Gasteiger partial charge in [0.05, 0.1) is 11.7 Å². The van der Waals surface area contributed by atoms with Gasteiger partial charge in [-0.05, 0) is 68.0 Å². The summed E-state index contributed by atoms with van der Waals surface area (Å²) in [5.74, 6) is 0.950. The third kappa shape index (κ3) is 6.40. The standard InChI is InChI=1S/C29H37N5O2/c1-19(2)17-30-18-21(4)26(22-8-6-5-7-9-22)33-27-29(36)34(15-14-31-27)25-16-23(11-10-20(25)3)28(35)32-24-12-13-24/h5-11,14-16,19,21,24,26,30H,12-13,17-18H2,1-4H3,(H,31,33)(H,32,35)/t21-,26+/m0/s1. The van der Waals surface area contributed by atoms with E-state index in [0.29, 0.717) is 17.2 Å². The van der Waals surface area contributed by atoms with E-state index >= 15 is 0 Å². The fraction of sp³-hybridized carbons (Fsp3) is 0.414.